The van der Waals surface area contributed by atoms with Crippen molar-refractivity contribution in [1.29, 1.82) is 0 Å². The van der Waals surface area contributed by atoms with Gasteiger partial charge in [0, 0.05) is 19.6 Å². The van der Waals surface area contributed by atoms with Crippen LogP contribution in [-0.4, -0.2) is 32.1 Å². The maximum absolute atomic E-state index is 12.2. The summed E-state index contributed by atoms with van der Waals surface area (Å²) in [5.41, 5.74) is 0.386. The highest BCUT2D eigenvalue weighted by atomic mass is 16.7. The first-order valence-corrected chi connectivity index (χ1v) is 14.3. The van der Waals surface area contributed by atoms with Crippen molar-refractivity contribution in [2.45, 2.75) is 156 Å². The Kier molecular flexibility index (Phi) is 22.7. The Morgan fingerprint density at radius 2 is 1.09 bits per heavy atom. The monoisotopic (exact) mass is 470 g/mol. The molecule has 0 aliphatic heterocycles. The van der Waals surface area contributed by atoms with Crippen LogP contribution in [-0.2, 0) is 19.0 Å². The number of carbonyl (C=O) groups is 1. The minimum Gasteiger partial charge on any atom is -0.466 e. The SMILES string of the molecule is CCCCCCCCOC(CCC(=O)OCCCCCC(C)(C)C)OCCCCCCCC. The summed E-state index contributed by atoms with van der Waals surface area (Å²) < 4.78 is 17.4. The van der Waals surface area contributed by atoms with Gasteiger partial charge < -0.3 is 14.2 Å². The van der Waals surface area contributed by atoms with Crippen LogP contribution in [0.15, 0.2) is 0 Å². The molecule has 198 valence electrons. The average molecular weight is 471 g/mol. The second-order valence-corrected chi connectivity index (χ2v) is 10.8. The van der Waals surface area contributed by atoms with Gasteiger partial charge >= 0.3 is 5.97 Å². The first-order valence-electron chi connectivity index (χ1n) is 14.3. The predicted molar refractivity (Wildman–Crippen MR) is 141 cm³/mol. The van der Waals surface area contributed by atoms with Crippen LogP contribution in [0.1, 0.15) is 150 Å². The van der Waals surface area contributed by atoms with Gasteiger partial charge in [-0.15, -0.1) is 0 Å². The number of rotatable bonds is 24. The molecule has 0 heterocycles. The molecule has 0 bridgehead atoms. The van der Waals surface area contributed by atoms with Crippen LogP contribution >= 0.6 is 0 Å². The summed E-state index contributed by atoms with van der Waals surface area (Å²) in [6, 6.07) is 0. The molecule has 0 N–H and O–H groups in total. The topological polar surface area (TPSA) is 44.8 Å². The van der Waals surface area contributed by atoms with E-state index in [0.29, 0.717) is 24.9 Å². The highest BCUT2D eigenvalue weighted by Crippen LogP contribution is 2.22. The van der Waals surface area contributed by atoms with Crippen LogP contribution in [0.2, 0.25) is 0 Å². The van der Waals surface area contributed by atoms with E-state index in [-0.39, 0.29) is 12.3 Å². The van der Waals surface area contributed by atoms with Crippen LogP contribution in [0.4, 0.5) is 0 Å². The third-order valence-corrected chi connectivity index (χ3v) is 6.02. The van der Waals surface area contributed by atoms with Gasteiger partial charge in [-0.25, -0.2) is 0 Å². The molecule has 0 atom stereocenters. The van der Waals surface area contributed by atoms with Crippen LogP contribution < -0.4 is 0 Å². The van der Waals surface area contributed by atoms with E-state index < -0.39 is 0 Å². The van der Waals surface area contributed by atoms with Crippen molar-refractivity contribution < 1.29 is 19.0 Å². The van der Waals surface area contributed by atoms with Crippen molar-refractivity contribution in [2.75, 3.05) is 19.8 Å². The lowest BCUT2D eigenvalue weighted by molar-refractivity contribution is -0.159. The van der Waals surface area contributed by atoms with Gasteiger partial charge in [-0.3, -0.25) is 4.79 Å². The number of carbonyl (C=O) groups excluding carboxylic acids is 1. The Morgan fingerprint density at radius 3 is 1.61 bits per heavy atom. The van der Waals surface area contributed by atoms with Crippen molar-refractivity contribution in [2.24, 2.45) is 5.41 Å². The van der Waals surface area contributed by atoms with Gasteiger partial charge in [-0.05, 0) is 31.1 Å². The van der Waals surface area contributed by atoms with Crippen LogP contribution in [0, 0.1) is 5.41 Å². The minimum atomic E-state index is -0.282. The van der Waals surface area contributed by atoms with Crippen molar-refractivity contribution in [3.05, 3.63) is 0 Å². The van der Waals surface area contributed by atoms with Gasteiger partial charge in [0.15, 0.2) is 6.29 Å². The molecule has 0 unspecified atom stereocenters. The molecule has 4 nitrogen and oxygen atoms in total. The number of unbranched alkanes of at least 4 members (excludes halogenated alkanes) is 12. The standard InChI is InChI=1S/C29H58O4/c1-6-8-10-12-14-18-25-32-28(33-26-19-15-13-11-9-7-2)22-21-27(30)31-24-20-16-17-23-29(3,4)5/h28H,6-26H2,1-5H3. The van der Waals surface area contributed by atoms with E-state index >= 15 is 0 Å². The summed E-state index contributed by atoms with van der Waals surface area (Å²) >= 11 is 0. The van der Waals surface area contributed by atoms with Gasteiger partial charge in [-0.1, -0.05) is 112 Å². The normalized spacial score (nSPS) is 11.9. The molecular formula is C29H58O4. The van der Waals surface area contributed by atoms with Gasteiger partial charge in [-0.2, -0.15) is 0 Å². The van der Waals surface area contributed by atoms with Crippen LogP contribution in [0.3, 0.4) is 0 Å². The summed E-state index contributed by atoms with van der Waals surface area (Å²) in [6.07, 6.45) is 20.1. The largest absolute Gasteiger partial charge is 0.466 e. The van der Waals surface area contributed by atoms with Gasteiger partial charge in [0.05, 0.1) is 13.0 Å². The molecule has 0 amide bonds. The van der Waals surface area contributed by atoms with Crippen molar-refractivity contribution in [1.82, 2.24) is 0 Å². The molecule has 0 radical (unpaired) electrons. The van der Waals surface area contributed by atoms with E-state index in [1.807, 2.05) is 0 Å². The molecule has 0 aromatic carbocycles. The summed E-state index contributed by atoms with van der Waals surface area (Å²) in [5.74, 6) is -0.123. The second kappa shape index (κ2) is 23.1. The maximum atomic E-state index is 12.2. The lowest BCUT2D eigenvalue weighted by Gasteiger charge is -2.19. The highest BCUT2D eigenvalue weighted by molar-refractivity contribution is 5.69. The van der Waals surface area contributed by atoms with E-state index in [1.54, 1.807) is 0 Å². The zero-order chi connectivity index (χ0) is 24.6. The smallest absolute Gasteiger partial charge is 0.305 e. The zero-order valence-corrected chi connectivity index (χ0v) is 23.1. The van der Waals surface area contributed by atoms with Crippen molar-refractivity contribution in [3.8, 4) is 0 Å². The van der Waals surface area contributed by atoms with Crippen molar-refractivity contribution in [3.63, 3.8) is 0 Å². The van der Waals surface area contributed by atoms with Crippen LogP contribution in [0.5, 0.6) is 0 Å². The van der Waals surface area contributed by atoms with Gasteiger partial charge in [0.2, 0.25) is 0 Å². The Balaban J connectivity index is 4.03. The fraction of sp³-hybridized carbons (Fsp3) is 0.966. The lowest BCUT2D eigenvalue weighted by Crippen LogP contribution is -2.21. The van der Waals surface area contributed by atoms with E-state index in [1.165, 1.54) is 77.0 Å². The summed E-state index contributed by atoms with van der Waals surface area (Å²) in [6.45, 7) is 13.3. The molecule has 0 aromatic heterocycles. The molecular weight excluding hydrogens is 412 g/mol. The Labute approximate surface area is 206 Å². The van der Waals surface area contributed by atoms with Gasteiger partial charge in [0.25, 0.3) is 0 Å². The van der Waals surface area contributed by atoms with E-state index in [4.69, 9.17) is 14.2 Å². The quantitative estimate of drug-likeness (QED) is 0.0802. The fourth-order valence-corrected chi connectivity index (χ4v) is 3.84. The fourth-order valence-electron chi connectivity index (χ4n) is 3.84. The summed E-state index contributed by atoms with van der Waals surface area (Å²) in [5, 5.41) is 0. The maximum Gasteiger partial charge on any atom is 0.305 e. The Morgan fingerprint density at radius 1 is 0.636 bits per heavy atom. The van der Waals surface area contributed by atoms with E-state index in [2.05, 4.69) is 34.6 Å². The Hall–Kier alpha value is -0.610. The first-order chi connectivity index (χ1) is 15.9. The third-order valence-electron chi connectivity index (χ3n) is 6.02. The third kappa shape index (κ3) is 25.8. The molecule has 0 fully saturated rings. The minimum absolute atomic E-state index is 0.123. The number of esters is 1. The highest BCUT2D eigenvalue weighted by Gasteiger charge is 2.14. The lowest BCUT2D eigenvalue weighted by atomic mass is 9.89. The average Bonchev–Trinajstić information content (AvgIpc) is 2.77. The molecule has 0 aromatic rings. The Bertz CT molecular complexity index is 398. The zero-order valence-electron chi connectivity index (χ0n) is 23.1. The van der Waals surface area contributed by atoms with E-state index in [0.717, 1.165) is 38.9 Å². The number of hydrogen-bond donors (Lipinski definition) is 0. The van der Waals surface area contributed by atoms with Gasteiger partial charge in [0.1, 0.15) is 0 Å². The molecule has 0 saturated heterocycles. The second-order valence-electron chi connectivity index (χ2n) is 10.8. The van der Waals surface area contributed by atoms with Crippen molar-refractivity contribution >= 4 is 5.97 Å². The molecule has 0 spiro atoms. The molecule has 0 saturated carbocycles. The predicted octanol–water partition coefficient (Wildman–Crippen LogP) is 9.00. The number of ether oxygens (including phenoxy) is 3. The first kappa shape index (κ1) is 32.4. The molecule has 0 aliphatic carbocycles. The van der Waals surface area contributed by atoms with E-state index in [9.17, 15) is 4.79 Å². The number of hydrogen-bond acceptors (Lipinski definition) is 4. The molecule has 0 aliphatic rings. The summed E-state index contributed by atoms with van der Waals surface area (Å²) in [7, 11) is 0. The summed E-state index contributed by atoms with van der Waals surface area (Å²) in [4.78, 5) is 12.2. The molecule has 33 heavy (non-hydrogen) atoms. The van der Waals surface area contributed by atoms with Crippen LogP contribution in [0.25, 0.3) is 0 Å². The molecule has 0 rings (SSSR count). The molecule has 4 heteroatoms.